The molecule has 1 aliphatic heterocycles. The van der Waals surface area contributed by atoms with Crippen LogP contribution in [-0.4, -0.2) is 11.6 Å². The average Bonchev–Trinajstić information content (AvgIpc) is 2.61. The molecule has 0 saturated heterocycles. The summed E-state index contributed by atoms with van der Waals surface area (Å²) < 4.78 is 5.33. The van der Waals surface area contributed by atoms with E-state index in [4.69, 9.17) is 10.00 Å². The van der Waals surface area contributed by atoms with Crippen LogP contribution < -0.4 is 4.74 Å². The molecule has 66 valence electrons. The van der Waals surface area contributed by atoms with Crippen molar-refractivity contribution >= 4 is 0 Å². The zero-order chi connectivity index (χ0) is 9.10. The molecule has 2 rings (SSSR count). The number of fused-ring (bicyclic) bond motifs is 1. The highest BCUT2D eigenvalue weighted by Gasteiger charge is 2.12. The minimum absolute atomic E-state index is 0.534. The first-order chi connectivity index (χ1) is 6.40. The fourth-order valence-electron chi connectivity index (χ4n) is 1.45. The van der Waals surface area contributed by atoms with E-state index in [-0.39, 0.29) is 0 Å². The van der Waals surface area contributed by atoms with Gasteiger partial charge in [0.2, 0.25) is 0 Å². The summed E-state index contributed by atoms with van der Waals surface area (Å²) in [4.78, 5) is 4.21. The first-order valence-electron chi connectivity index (χ1n) is 4.37. The van der Waals surface area contributed by atoms with E-state index in [1.807, 2.05) is 6.07 Å². The lowest BCUT2D eigenvalue weighted by Crippen LogP contribution is -1.90. The summed E-state index contributed by atoms with van der Waals surface area (Å²) in [7, 11) is 0. The van der Waals surface area contributed by atoms with Crippen molar-refractivity contribution in [3.63, 3.8) is 0 Å². The number of aromatic nitrogens is 1. The molecule has 0 amide bonds. The van der Waals surface area contributed by atoms with Crippen LogP contribution in [0.4, 0.5) is 0 Å². The standard InChI is InChI=1S/C10H10N2O/c11-4-1-2-9-6-8-3-5-13-10(8)7-12-9/h6-7H,1-3,5H2. The van der Waals surface area contributed by atoms with Crippen LogP contribution in [0.25, 0.3) is 0 Å². The second kappa shape index (κ2) is 3.44. The van der Waals surface area contributed by atoms with Crippen LogP contribution in [0.2, 0.25) is 0 Å². The van der Waals surface area contributed by atoms with Gasteiger partial charge in [-0.25, -0.2) is 0 Å². The summed E-state index contributed by atoms with van der Waals surface area (Å²) in [5.74, 6) is 0.903. The van der Waals surface area contributed by atoms with Crippen LogP contribution in [0.1, 0.15) is 17.7 Å². The van der Waals surface area contributed by atoms with Gasteiger partial charge in [0.15, 0.2) is 0 Å². The quantitative estimate of drug-likeness (QED) is 0.682. The molecule has 2 heterocycles. The molecule has 0 fully saturated rings. The third-order valence-electron chi connectivity index (χ3n) is 2.13. The highest BCUT2D eigenvalue weighted by atomic mass is 16.5. The summed E-state index contributed by atoms with van der Waals surface area (Å²) >= 11 is 0. The Morgan fingerprint density at radius 3 is 3.38 bits per heavy atom. The van der Waals surface area contributed by atoms with Crippen molar-refractivity contribution in [1.82, 2.24) is 4.98 Å². The summed E-state index contributed by atoms with van der Waals surface area (Å²) in [6.45, 7) is 0.763. The maximum Gasteiger partial charge on any atom is 0.140 e. The molecule has 0 aliphatic carbocycles. The van der Waals surface area contributed by atoms with Crippen molar-refractivity contribution in [2.24, 2.45) is 0 Å². The molecule has 3 heteroatoms. The molecule has 0 atom stereocenters. The number of ether oxygens (including phenoxy) is 1. The molecular weight excluding hydrogens is 164 g/mol. The molecule has 0 spiro atoms. The van der Waals surface area contributed by atoms with Gasteiger partial charge in [-0.05, 0) is 6.07 Å². The predicted octanol–water partition coefficient (Wildman–Crippen LogP) is 1.47. The molecule has 0 saturated carbocycles. The summed E-state index contributed by atoms with van der Waals surface area (Å²) in [5.41, 5.74) is 2.22. The van der Waals surface area contributed by atoms with Crippen molar-refractivity contribution in [1.29, 1.82) is 5.26 Å². The maximum atomic E-state index is 8.42. The lowest BCUT2D eigenvalue weighted by Gasteiger charge is -2.00. The Morgan fingerprint density at radius 2 is 2.54 bits per heavy atom. The van der Waals surface area contributed by atoms with Gasteiger partial charge < -0.3 is 4.74 Å². The lowest BCUT2D eigenvalue weighted by atomic mass is 10.1. The van der Waals surface area contributed by atoms with E-state index < -0.39 is 0 Å². The number of nitriles is 1. The Labute approximate surface area is 77.0 Å². The Kier molecular flexibility index (Phi) is 2.13. The highest BCUT2D eigenvalue weighted by molar-refractivity contribution is 5.35. The van der Waals surface area contributed by atoms with Crippen molar-refractivity contribution < 1.29 is 4.74 Å². The number of hydrogen-bond acceptors (Lipinski definition) is 3. The van der Waals surface area contributed by atoms with E-state index in [1.165, 1.54) is 5.56 Å². The molecule has 13 heavy (non-hydrogen) atoms. The molecule has 0 bridgehead atoms. The van der Waals surface area contributed by atoms with Gasteiger partial charge in [-0.3, -0.25) is 4.98 Å². The third-order valence-corrected chi connectivity index (χ3v) is 2.13. The molecule has 0 N–H and O–H groups in total. The average molecular weight is 174 g/mol. The van der Waals surface area contributed by atoms with Crippen molar-refractivity contribution in [2.45, 2.75) is 19.3 Å². The number of nitrogens with zero attached hydrogens (tertiary/aromatic N) is 2. The van der Waals surface area contributed by atoms with Gasteiger partial charge in [0.25, 0.3) is 0 Å². The number of pyridine rings is 1. The molecule has 0 aromatic carbocycles. The minimum atomic E-state index is 0.534. The van der Waals surface area contributed by atoms with E-state index in [2.05, 4.69) is 11.1 Å². The first-order valence-corrected chi connectivity index (χ1v) is 4.37. The number of aryl methyl sites for hydroxylation is 1. The summed E-state index contributed by atoms with van der Waals surface area (Å²) in [5, 5.41) is 8.42. The number of rotatable bonds is 2. The zero-order valence-corrected chi connectivity index (χ0v) is 7.29. The highest BCUT2D eigenvalue weighted by Crippen LogP contribution is 2.24. The molecule has 3 nitrogen and oxygen atoms in total. The normalized spacial score (nSPS) is 13.2. The topological polar surface area (TPSA) is 45.9 Å². The Morgan fingerprint density at radius 1 is 1.62 bits per heavy atom. The van der Waals surface area contributed by atoms with E-state index in [1.54, 1.807) is 6.20 Å². The second-order valence-electron chi connectivity index (χ2n) is 3.04. The van der Waals surface area contributed by atoms with Gasteiger partial charge in [-0.2, -0.15) is 5.26 Å². The maximum absolute atomic E-state index is 8.42. The van der Waals surface area contributed by atoms with Gasteiger partial charge in [0, 0.05) is 30.5 Å². The SMILES string of the molecule is N#CCCc1cc2c(cn1)OCC2. The summed E-state index contributed by atoms with van der Waals surface area (Å²) in [6, 6.07) is 4.15. The van der Waals surface area contributed by atoms with Crippen LogP contribution in [0, 0.1) is 11.3 Å². The van der Waals surface area contributed by atoms with Crippen LogP contribution in [0.3, 0.4) is 0 Å². The smallest absolute Gasteiger partial charge is 0.140 e. The predicted molar refractivity (Wildman–Crippen MR) is 47.4 cm³/mol. The Balaban J connectivity index is 2.17. The third kappa shape index (κ3) is 1.62. The minimum Gasteiger partial charge on any atom is -0.491 e. The summed E-state index contributed by atoms with van der Waals surface area (Å²) in [6.07, 6.45) is 4.00. The van der Waals surface area contributed by atoms with Crippen LogP contribution in [0.5, 0.6) is 5.75 Å². The first kappa shape index (κ1) is 8.06. The van der Waals surface area contributed by atoms with Crippen molar-refractivity contribution in [3.05, 3.63) is 23.5 Å². The fraction of sp³-hybridized carbons (Fsp3) is 0.400. The van der Waals surface area contributed by atoms with Crippen molar-refractivity contribution in [3.8, 4) is 11.8 Å². The molecule has 1 aromatic heterocycles. The molecular formula is C10H10N2O. The lowest BCUT2D eigenvalue weighted by molar-refractivity contribution is 0.355. The van der Waals surface area contributed by atoms with Gasteiger partial charge in [0.1, 0.15) is 5.75 Å². The van der Waals surface area contributed by atoms with Gasteiger partial charge in [0.05, 0.1) is 18.9 Å². The van der Waals surface area contributed by atoms with E-state index >= 15 is 0 Å². The zero-order valence-electron chi connectivity index (χ0n) is 7.29. The van der Waals surface area contributed by atoms with E-state index in [9.17, 15) is 0 Å². The molecule has 0 radical (unpaired) electrons. The Hall–Kier alpha value is -1.56. The van der Waals surface area contributed by atoms with Crippen LogP contribution in [-0.2, 0) is 12.8 Å². The number of hydrogen-bond donors (Lipinski definition) is 0. The van der Waals surface area contributed by atoms with Gasteiger partial charge >= 0.3 is 0 Å². The van der Waals surface area contributed by atoms with Crippen LogP contribution >= 0.6 is 0 Å². The Bertz CT molecular complexity index is 354. The van der Waals surface area contributed by atoms with Gasteiger partial charge in [-0.1, -0.05) is 0 Å². The molecule has 1 aliphatic rings. The fourth-order valence-corrected chi connectivity index (χ4v) is 1.45. The van der Waals surface area contributed by atoms with E-state index in [0.717, 1.165) is 30.9 Å². The molecule has 0 unspecified atom stereocenters. The van der Waals surface area contributed by atoms with Gasteiger partial charge in [-0.15, -0.1) is 0 Å². The monoisotopic (exact) mass is 174 g/mol. The van der Waals surface area contributed by atoms with Crippen LogP contribution in [0.15, 0.2) is 12.3 Å². The second-order valence-corrected chi connectivity index (χ2v) is 3.04. The van der Waals surface area contributed by atoms with Crippen molar-refractivity contribution in [2.75, 3.05) is 6.61 Å². The van der Waals surface area contributed by atoms with E-state index in [0.29, 0.717) is 6.42 Å². The molecule has 1 aromatic rings. The largest absolute Gasteiger partial charge is 0.491 e.